The highest BCUT2D eigenvalue weighted by atomic mass is 16.5. The Hall–Kier alpha value is -0.930. The van der Waals surface area contributed by atoms with E-state index >= 15 is 0 Å². The van der Waals surface area contributed by atoms with Gasteiger partial charge in [0.2, 0.25) is 0 Å². The third kappa shape index (κ3) is 3.01. The van der Waals surface area contributed by atoms with E-state index < -0.39 is 0 Å². The number of hydrogen-bond donors (Lipinski definition) is 1. The molecule has 1 aliphatic rings. The van der Waals surface area contributed by atoms with Crippen LogP contribution >= 0.6 is 0 Å². The molecule has 1 aromatic heterocycles. The molecule has 0 atom stereocenters. The van der Waals surface area contributed by atoms with Gasteiger partial charge in [0.05, 0.1) is 11.8 Å². The van der Waals surface area contributed by atoms with Crippen molar-refractivity contribution in [1.29, 1.82) is 0 Å². The summed E-state index contributed by atoms with van der Waals surface area (Å²) in [5, 5.41) is 3.48. The summed E-state index contributed by atoms with van der Waals surface area (Å²) >= 11 is 0. The molecule has 1 fully saturated rings. The summed E-state index contributed by atoms with van der Waals surface area (Å²) < 4.78 is 5.50. The number of nitrogens with one attached hydrogen (secondary N) is 1. The summed E-state index contributed by atoms with van der Waals surface area (Å²) in [7, 11) is 0. The quantitative estimate of drug-likeness (QED) is 0.796. The highest BCUT2D eigenvalue weighted by molar-refractivity contribution is 5.03. The predicted molar refractivity (Wildman–Crippen MR) is 59.5 cm³/mol. The number of pyridine rings is 1. The van der Waals surface area contributed by atoms with Crippen LogP contribution in [0.3, 0.4) is 0 Å². The number of ether oxygens (including phenoxy) is 1. The molecule has 0 spiro atoms. The fourth-order valence-electron chi connectivity index (χ4n) is 1.86. The van der Waals surface area contributed by atoms with Crippen LogP contribution in [0.15, 0.2) is 24.4 Å². The van der Waals surface area contributed by atoms with Gasteiger partial charge in [-0.3, -0.25) is 4.98 Å². The Balaban J connectivity index is 1.64. The second-order valence-corrected chi connectivity index (χ2v) is 3.95. The summed E-state index contributed by atoms with van der Waals surface area (Å²) in [6.45, 7) is 3.75. The molecule has 0 unspecified atom stereocenters. The van der Waals surface area contributed by atoms with Crippen LogP contribution in [0.25, 0.3) is 0 Å². The number of aromatic nitrogens is 1. The van der Waals surface area contributed by atoms with Crippen LogP contribution in [-0.4, -0.2) is 23.7 Å². The highest BCUT2D eigenvalue weighted by Gasteiger charge is 2.28. The number of hydrogen-bond acceptors (Lipinski definition) is 3. The van der Waals surface area contributed by atoms with Crippen LogP contribution in [0.4, 0.5) is 0 Å². The Labute approximate surface area is 90.9 Å². The van der Waals surface area contributed by atoms with Gasteiger partial charge in [-0.15, -0.1) is 0 Å². The summed E-state index contributed by atoms with van der Waals surface area (Å²) in [5.41, 5.74) is 1.11. The van der Waals surface area contributed by atoms with Crippen molar-refractivity contribution < 1.29 is 4.74 Å². The zero-order valence-electron chi connectivity index (χ0n) is 9.15. The van der Waals surface area contributed by atoms with E-state index in [1.54, 1.807) is 0 Å². The lowest BCUT2D eigenvalue weighted by Gasteiger charge is -2.35. The van der Waals surface area contributed by atoms with Gasteiger partial charge in [0.15, 0.2) is 0 Å². The lowest BCUT2D eigenvalue weighted by molar-refractivity contribution is -0.0103. The zero-order valence-corrected chi connectivity index (χ0v) is 9.15. The molecule has 0 amide bonds. The van der Waals surface area contributed by atoms with E-state index in [1.165, 1.54) is 0 Å². The molecule has 1 aliphatic carbocycles. The van der Waals surface area contributed by atoms with Gasteiger partial charge in [0.25, 0.3) is 0 Å². The minimum atomic E-state index is 0.483. The molecular weight excluding hydrogens is 188 g/mol. The van der Waals surface area contributed by atoms with Crippen molar-refractivity contribution in [3.05, 3.63) is 30.1 Å². The molecule has 0 saturated heterocycles. The van der Waals surface area contributed by atoms with Gasteiger partial charge in [-0.1, -0.05) is 6.07 Å². The van der Waals surface area contributed by atoms with Crippen molar-refractivity contribution in [2.45, 2.75) is 38.5 Å². The maximum Gasteiger partial charge on any atom is 0.0604 e. The van der Waals surface area contributed by atoms with Crippen LogP contribution in [0.2, 0.25) is 0 Å². The molecule has 0 aliphatic heterocycles. The molecule has 0 radical (unpaired) electrons. The second-order valence-electron chi connectivity index (χ2n) is 3.95. The van der Waals surface area contributed by atoms with Gasteiger partial charge < -0.3 is 10.1 Å². The van der Waals surface area contributed by atoms with Crippen LogP contribution in [0.1, 0.15) is 25.5 Å². The SMILES string of the molecule is CCOC1CC(NCc2ccccn2)C1. The Morgan fingerprint density at radius 3 is 3.00 bits per heavy atom. The molecule has 1 saturated carbocycles. The molecule has 15 heavy (non-hydrogen) atoms. The average molecular weight is 206 g/mol. The number of nitrogens with zero attached hydrogens (tertiary/aromatic N) is 1. The molecule has 1 aromatic rings. The van der Waals surface area contributed by atoms with E-state index in [-0.39, 0.29) is 0 Å². The van der Waals surface area contributed by atoms with E-state index in [0.717, 1.165) is 31.7 Å². The van der Waals surface area contributed by atoms with Crippen LogP contribution in [-0.2, 0) is 11.3 Å². The molecule has 1 heterocycles. The van der Waals surface area contributed by atoms with Crippen LogP contribution in [0.5, 0.6) is 0 Å². The molecule has 0 aromatic carbocycles. The molecule has 1 N–H and O–H groups in total. The van der Waals surface area contributed by atoms with Crippen molar-refractivity contribution in [1.82, 2.24) is 10.3 Å². The smallest absolute Gasteiger partial charge is 0.0604 e. The van der Waals surface area contributed by atoms with Crippen molar-refractivity contribution >= 4 is 0 Å². The minimum absolute atomic E-state index is 0.483. The van der Waals surface area contributed by atoms with Gasteiger partial charge in [0, 0.05) is 25.4 Å². The Bertz CT molecular complexity index is 283. The first kappa shape index (κ1) is 10.6. The Kier molecular flexibility index (Phi) is 3.69. The largest absolute Gasteiger partial charge is 0.378 e. The Morgan fingerprint density at radius 2 is 2.33 bits per heavy atom. The number of rotatable bonds is 5. The minimum Gasteiger partial charge on any atom is -0.378 e. The lowest BCUT2D eigenvalue weighted by atomic mass is 9.89. The summed E-state index contributed by atoms with van der Waals surface area (Å²) in [4.78, 5) is 4.27. The van der Waals surface area contributed by atoms with Gasteiger partial charge >= 0.3 is 0 Å². The van der Waals surface area contributed by atoms with Crippen molar-refractivity contribution in [2.24, 2.45) is 0 Å². The van der Waals surface area contributed by atoms with Gasteiger partial charge in [-0.05, 0) is 31.9 Å². The van der Waals surface area contributed by atoms with E-state index in [2.05, 4.69) is 17.2 Å². The molecule has 0 bridgehead atoms. The van der Waals surface area contributed by atoms with E-state index in [4.69, 9.17) is 4.74 Å². The van der Waals surface area contributed by atoms with Crippen molar-refractivity contribution in [3.8, 4) is 0 Å². The van der Waals surface area contributed by atoms with Crippen LogP contribution < -0.4 is 5.32 Å². The normalized spacial score (nSPS) is 24.9. The first-order chi connectivity index (χ1) is 7.38. The van der Waals surface area contributed by atoms with Gasteiger partial charge in [0.1, 0.15) is 0 Å². The summed E-state index contributed by atoms with van der Waals surface area (Å²) in [6.07, 6.45) is 4.60. The monoisotopic (exact) mass is 206 g/mol. The highest BCUT2D eigenvalue weighted by Crippen LogP contribution is 2.23. The molecular formula is C12H18N2O. The fraction of sp³-hybridized carbons (Fsp3) is 0.583. The predicted octanol–water partition coefficient (Wildman–Crippen LogP) is 1.74. The molecule has 2 rings (SSSR count). The van der Waals surface area contributed by atoms with E-state index in [9.17, 15) is 0 Å². The van der Waals surface area contributed by atoms with Crippen molar-refractivity contribution in [2.75, 3.05) is 6.61 Å². The maximum atomic E-state index is 5.50. The average Bonchev–Trinajstić information content (AvgIpc) is 2.23. The zero-order chi connectivity index (χ0) is 10.5. The Morgan fingerprint density at radius 1 is 1.47 bits per heavy atom. The standard InChI is InChI=1S/C12H18N2O/c1-2-15-12-7-11(8-12)14-9-10-5-3-4-6-13-10/h3-6,11-12,14H,2,7-9H2,1H3. The molecule has 3 heteroatoms. The summed E-state index contributed by atoms with van der Waals surface area (Å²) in [6, 6.07) is 6.63. The van der Waals surface area contributed by atoms with Crippen molar-refractivity contribution in [3.63, 3.8) is 0 Å². The van der Waals surface area contributed by atoms with Gasteiger partial charge in [-0.25, -0.2) is 0 Å². The second kappa shape index (κ2) is 5.24. The van der Waals surface area contributed by atoms with E-state index in [0.29, 0.717) is 12.1 Å². The summed E-state index contributed by atoms with van der Waals surface area (Å²) in [5.74, 6) is 0. The fourth-order valence-corrected chi connectivity index (χ4v) is 1.86. The van der Waals surface area contributed by atoms with E-state index in [1.807, 2.05) is 24.4 Å². The molecule has 82 valence electrons. The third-order valence-electron chi connectivity index (χ3n) is 2.80. The lowest BCUT2D eigenvalue weighted by Crippen LogP contribution is -2.45. The van der Waals surface area contributed by atoms with Gasteiger partial charge in [-0.2, -0.15) is 0 Å². The topological polar surface area (TPSA) is 34.1 Å². The third-order valence-corrected chi connectivity index (χ3v) is 2.80. The first-order valence-electron chi connectivity index (χ1n) is 5.63. The maximum absolute atomic E-state index is 5.50. The molecule has 3 nitrogen and oxygen atoms in total. The van der Waals surface area contributed by atoms with Crippen LogP contribution in [0, 0.1) is 0 Å². The first-order valence-corrected chi connectivity index (χ1v) is 5.63.